The Labute approximate surface area is 235 Å². The van der Waals surface area contributed by atoms with E-state index >= 15 is 0 Å². The number of carbonyl (C=O) groups is 1. The number of amides is 1. The van der Waals surface area contributed by atoms with Crippen LogP contribution in [0, 0.1) is 13.8 Å². The largest absolute Gasteiger partial charge is 0.497 e. The van der Waals surface area contributed by atoms with Crippen molar-refractivity contribution in [3.05, 3.63) is 23.3 Å². The highest BCUT2D eigenvalue weighted by atomic mass is 32.2. The Bertz CT molecular complexity index is 1060. The number of carbonyl (C=O) groups excluding carboxylic acids is 1. The summed E-state index contributed by atoms with van der Waals surface area (Å²) in [5.74, 6) is 0.583. The first kappa shape index (κ1) is 30.2. The zero-order chi connectivity index (χ0) is 28.2. The lowest BCUT2D eigenvalue weighted by molar-refractivity contribution is -0.136. The molecule has 1 aromatic rings. The maximum atomic E-state index is 13.2. The summed E-state index contributed by atoms with van der Waals surface area (Å²) in [5.41, 5.74) is 1.28. The Morgan fingerprint density at radius 2 is 1.54 bits per heavy atom. The van der Waals surface area contributed by atoms with Crippen molar-refractivity contribution in [3.8, 4) is 5.75 Å². The fourth-order valence-electron chi connectivity index (χ4n) is 6.68. The van der Waals surface area contributed by atoms with Gasteiger partial charge in [-0.2, -0.15) is 4.31 Å². The summed E-state index contributed by atoms with van der Waals surface area (Å²) in [6.45, 7) is 8.37. The van der Waals surface area contributed by atoms with Crippen molar-refractivity contribution in [1.82, 2.24) is 19.0 Å². The van der Waals surface area contributed by atoms with Gasteiger partial charge in [-0.1, -0.05) is 0 Å². The van der Waals surface area contributed by atoms with E-state index < -0.39 is 10.0 Å². The van der Waals surface area contributed by atoms with Gasteiger partial charge in [0, 0.05) is 51.9 Å². The molecular formula is C29H48N4O5S. The van der Waals surface area contributed by atoms with Crippen molar-refractivity contribution >= 4 is 15.9 Å². The van der Waals surface area contributed by atoms with Crippen LogP contribution in [-0.4, -0.2) is 119 Å². The SMILES string of the molecule is COc1cc(C)c(S(=O)(=O)N(C)CCOCC(=O)N(C)[C@@H]2CCN(C3CCC(N4CCCC4)CC3)C2)c(C)c1. The normalized spacial score (nSPS) is 24.9. The van der Waals surface area contributed by atoms with E-state index in [4.69, 9.17) is 9.47 Å². The van der Waals surface area contributed by atoms with Crippen molar-refractivity contribution in [2.75, 3.05) is 67.1 Å². The molecule has 1 saturated carbocycles. The average Bonchev–Trinajstić information content (AvgIpc) is 3.63. The van der Waals surface area contributed by atoms with Gasteiger partial charge < -0.3 is 19.3 Å². The first-order chi connectivity index (χ1) is 18.6. The minimum atomic E-state index is -3.69. The van der Waals surface area contributed by atoms with E-state index in [9.17, 15) is 13.2 Å². The molecule has 0 N–H and O–H groups in total. The summed E-state index contributed by atoms with van der Waals surface area (Å²) in [6, 6.07) is 5.08. The third kappa shape index (κ3) is 7.14. The molecule has 39 heavy (non-hydrogen) atoms. The van der Waals surface area contributed by atoms with Gasteiger partial charge in [0.25, 0.3) is 0 Å². The highest BCUT2D eigenvalue weighted by molar-refractivity contribution is 7.89. The maximum Gasteiger partial charge on any atom is 0.248 e. The van der Waals surface area contributed by atoms with Crippen LogP contribution in [0.25, 0.3) is 0 Å². The Morgan fingerprint density at radius 1 is 0.949 bits per heavy atom. The quantitative estimate of drug-likeness (QED) is 0.382. The maximum absolute atomic E-state index is 13.2. The van der Waals surface area contributed by atoms with E-state index in [1.54, 1.807) is 40.1 Å². The highest BCUT2D eigenvalue weighted by Gasteiger charge is 2.35. The summed E-state index contributed by atoms with van der Waals surface area (Å²) in [7, 11) is 1.29. The third-order valence-corrected chi connectivity index (χ3v) is 11.3. The number of nitrogens with zero attached hydrogens (tertiary/aromatic N) is 4. The fourth-order valence-corrected chi connectivity index (χ4v) is 8.24. The minimum Gasteiger partial charge on any atom is -0.497 e. The predicted octanol–water partition coefficient (Wildman–Crippen LogP) is 2.89. The molecule has 3 aliphatic rings. The standard InChI is InChI=1S/C29H48N4O5S/c1-22-18-27(37-5)19-23(2)29(22)39(35,36)30(3)16-17-38-21-28(34)31(4)26-12-15-33(20-26)25-10-8-24(9-11-25)32-13-6-7-14-32/h18-19,24-26H,6-17,20-21H2,1-5H3/t24?,25?,26-/m1/s1. The van der Waals surface area contributed by atoms with Crippen LogP contribution in [0.2, 0.25) is 0 Å². The number of likely N-dealkylation sites (tertiary alicyclic amines) is 2. The van der Waals surface area contributed by atoms with E-state index in [1.807, 2.05) is 11.9 Å². The molecule has 0 aromatic heterocycles. The van der Waals surface area contributed by atoms with Gasteiger partial charge in [0.1, 0.15) is 12.4 Å². The van der Waals surface area contributed by atoms with Crippen molar-refractivity contribution in [1.29, 1.82) is 0 Å². The van der Waals surface area contributed by atoms with Crippen molar-refractivity contribution in [3.63, 3.8) is 0 Å². The molecule has 10 heteroatoms. The van der Waals surface area contributed by atoms with Crippen LogP contribution in [0.5, 0.6) is 5.75 Å². The van der Waals surface area contributed by atoms with Crippen molar-refractivity contribution in [2.24, 2.45) is 0 Å². The van der Waals surface area contributed by atoms with Crippen molar-refractivity contribution < 1.29 is 22.7 Å². The van der Waals surface area contributed by atoms with Crippen molar-refractivity contribution in [2.45, 2.75) is 81.8 Å². The molecule has 1 atom stereocenters. The topological polar surface area (TPSA) is 82.6 Å². The summed E-state index contributed by atoms with van der Waals surface area (Å²) < 4.78 is 38.5. The van der Waals surface area contributed by atoms with Gasteiger partial charge in [-0.05, 0) is 95.1 Å². The van der Waals surface area contributed by atoms with E-state index in [0.717, 1.165) is 25.6 Å². The van der Waals surface area contributed by atoms with Gasteiger partial charge in [0.2, 0.25) is 15.9 Å². The highest BCUT2D eigenvalue weighted by Crippen LogP contribution is 2.31. The first-order valence-corrected chi connectivity index (χ1v) is 16.0. The number of likely N-dealkylation sites (N-methyl/N-ethyl adjacent to an activating group) is 2. The predicted molar refractivity (Wildman–Crippen MR) is 153 cm³/mol. The Hall–Kier alpha value is -1.72. The minimum absolute atomic E-state index is 0.0393. The Kier molecular flexibility index (Phi) is 10.3. The average molecular weight is 565 g/mol. The van der Waals surface area contributed by atoms with Gasteiger partial charge in [-0.15, -0.1) is 0 Å². The van der Waals surface area contributed by atoms with Crippen LogP contribution in [0.4, 0.5) is 0 Å². The summed E-state index contributed by atoms with van der Waals surface area (Å²) >= 11 is 0. The second-order valence-corrected chi connectivity index (χ2v) is 13.6. The molecule has 9 nitrogen and oxygen atoms in total. The molecule has 1 amide bonds. The van der Waals surface area contributed by atoms with Gasteiger partial charge >= 0.3 is 0 Å². The molecule has 0 unspecified atom stereocenters. The number of aryl methyl sites for hydroxylation is 2. The number of ether oxygens (including phenoxy) is 2. The molecule has 0 bridgehead atoms. The molecule has 4 rings (SSSR count). The summed E-state index contributed by atoms with van der Waals surface area (Å²) in [6.07, 6.45) is 8.84. The number of hydrogen-bond donors (Lipinski definition) is 0. The number of sulfonamides is 1. The van der Waals surface area contributed by atoms with E-state index in [2.05, 4.69) is 9.80 Å². The van der Waals surface area contributed by atoms with Crippen LogP contribution in [-0.2, 0) is 19.6 Å². The number of methoxy groups -OCH3 is 1. The molecule has 220 valence electrons. The lowest BCUT2D eigenvalue weighted by Gasteiger charge is -2.38. The van der Waals surface area contributed by atoms with Gasteiger partial charge in [0.05, 0.1) is 18.6 Å². The van der Waals surface area contributed by atoms with E-state index in [0.29, 0.717) is 22.9 Å². The fraction of sp³-hybridized carbons (Fsp3) is 0.759. The first-order valence-electron chi connectivity index (χ1n) is 14.5. The Morgan fingerprint density at radius 3 is 2.13 bits per heavy atom. The number of hydrogen-bond acceptors (Lipinski definition) is 7. The molecule has 1 aliphatic carbocycles. The molecule has 0 radical (unpaired) electrons. The van der Waals surface area contributed by atoms with Gasteiger partial charge in [-0.3, -0.25) is 9.69 Å². The van der Waals surface area contributed by atoms with Crippen LogP contribution in [0.15, 0.2) is 17.0 Å². The monoisotopic (exact) mass is 564 g/mol. The molecule has 2 heterocycles. The van der Waals surface area contributed by atoms with E-state index in [1.165, 1.54) is 55.9 Å². The van der Waals surface area contributed by atoms with E-state index in [-0.39, 0.29) is 36.6 Å². The van der Waals surface area contributed by atoms with Crippen LogP contribution >= 0.6 is 0 Å². The Balaban J connectivity index is 1.18. The van der Waals surface area contributed by atoms with Crippen LogP contribution in [0.3, 0.4) is 0 Å². The second kappa shape index (κ2) is 13.3. The van der Waals surface area contributed by atoms with Gasteiger partial charge in [-0.25, -0.2) is 8.42 Å². The number of rotatable bonds is 11. The molecule has 2 aliphatic heterocycles. The summed E-state index contributed by atoms with van der Waals surface area (Å²) in [4.78, 5) is 20.3. The number of benzene rings is 1. The zero-order valence-corrected chi connectivity index (χ0v) is 25.3. The van der Waals surface area contributed by atoms with Crippen LogP contribution in [0.1, 0.15) is 56.1 Å². The molecule has 2 saturated heterocycles. The van der Waals surface area contributed by atoms with Crippen LogP contribution < -0.4 is 4.74 Å². The third-order valence-electron chi connectivity index (χ3n) is 9.09. The molecule has 3 fully saturated rings. The van der Waals surface area contributed by atoms with Gasteiger partial charge in [0.15, 0.2) is 0 Å². The lowest BCUT2D eigenvalue weighted by atomic mass is 9.89. The second-order valence-electron chi connectivity index (χ2n) is 11.6. The molecule has 0 spiro atoms. The summed E-state index contributed by atoms with van der Waals surface area (Å²) in [5, 5.41) is 0. The molecule has 1 aromatic carbocycles. The molecular weight excluding hydrogens is 516 g/mol. The lowest BCUT2D eigenvalue weighted by Crippen LogP contribution is -2.45. The smallest absolute Gasteiger partial charge is 0.248 e. The zero-order valence-electron chi connectivity index (χ0n) is 24.5.